The quantitative estimate of drug-likeness (QED) is 0.716. The summed E-state index contributed by atoms with van der Waals surface area (Å²) in [4.78, 5) is 9.66. The van der Waals surface area contributed by atoms with Crippen LogP contribution in [0.4, 0.5) is 5.82 Å². The Hall–Kier alpha value is -0.390. The van der Waals surface area contributed by atoms with Crippen molar-refractivity contribution >= 4 is 28.4 Å². The zero-order valence-corrected chi connectivity index (χ0v) is 15.0. The molecule has 0 atom stereocenters. The van der Waals surface area contributed by atoms with Gasteiger partial charge in [-0.25, -0.2) is 9.97 Å². The second kappa shape index (κ2) is 7.57. The van der Waals surface area contributed by atoms with Gasteiger partial charge in [0.05, 0.1) is 9.26 Å². The van der Waals surface area contributed by atoms with Gasteiger partial charge in [0.2, 0.25) is 0 Å². The Morgan fingerprint density at radius 2 is 1.95 bits per heavy atom. The van der Waals surface area contributed by atoms with E-state index in [1.54, 1.807) is 0 Å². The lowest BCUT2D eigenvalue weighted by molar-refractivity contribution is 0.606. The molecule has 0 aliphatic heterocycles. The minimum Gasteiger partial charge on any atom is -0.369 e. The molecule has 1 aliphatic rings. The van der Waals surface area contributed by atoms with Crippen molar-refractivity contribution in [3.63, 3.8) is 0 Å². The predicted octanol–water partition coefficient (Wildman–Crippen LogP) is 4.76. The standard InChI is InChI=1S/C16H26IN3/c1-4-9-18-16-14(17)15(12-7-5-6-8-12)19-13(20-16)10-11(2)3/h11-12H,4-10H2,1-3H3,(H,18,19,20). The molecular formula is C16H26IN3. The Labute approximate surface area is 136 Å². The highest BCUT2D eigenvalue weighted by atomic mass is 127. The molecule has 1 aromatic heterocycles. The fourth-order valence-electron chi connectivity index (χ4n) is 2.80. The minimum atomic E-state index is 0.602. The average molecular weight is 387 g/mol. The van der Waals surface area contributed by atoms with Crippen molar-refractivity contribution in [3.8, 4) is 0 Å². The molecule has 2 rings (SSSR count). The van der Waals surface area contributed by atoms with Crippen molar-refractivity contribution in [2.45, 2.75) is 65.2 Å². The first-order chi connectivity index (χ1) is 9.61. The molecule has 0 unspecified atom stereocenters. The lowest BCUT2D eigenvalue weighted by Crippen LogP contribution is -2.13. The molecule has 112 valence electrons. The monoisotopic (exact) mass is 387 g/mol. The summed E-state index contributed by atoms with van der Waals surface area (Å²) in [6, 6.07) is 0. The Morgan fingerprint density at radius 3 is 2.55 bits per heavy atom. The zero-order valence-electron chi connectivity index (χ0n) is 12.9. The normalized spacial score (nSPS) is 16.1. The molecule has 1 aliphatic carbocycles. The van der Waals surface area contributed by atoms with Crippen LogP contribution in [0.2, 0.25) is 0 Å². The highest BCUT2D eigenvalue weighted by molar-refractivity contribution is 14.1. The number of nitrogens with one attached hydrogen (secondary N) is 1. The van der Waals surface area contributed by atoms with Gasteiger partial charge >= 0.3 is 0 Å². The largest absolute Gasteiger partial charge is 0.369 e. The van der Waals surface area contributed by atoms with E-state index < -0.39 is 0 Å². The van der Waals surface area contributed by atoms with E-state index in [2.05, 4.69) is 48.7 Å². The van der Waals surface area contributed by atoms with Crippen molar-refractivity contribution < 1.29 is 0 Å². The predicted molar refractivity (Wildman–Crippen MR) is 93.3 cm³/mol. The number of nitrogens with zero attached hydrogens (tertiary/aromatic N) is 2. The van der Waals surface area contributed by atoms with Crippen LogP contribution in [0.15, 0.2) is 0 Å². The Morgan fingerprint density at radius 1 is 1.25 bits per heavy atom. The van der Waals surface area contributed by atoms with Gasteiger partial charge in [0.15, 0.2) is 0 Å². The van der Waals surface area contributed by atoms with Crippen LogP contribution in [0.1, 0.15) is 70.3 Å². The van der Waals surface area contributed by atoms with Gasteiger partial charge in [-0.15, -0.1) is 0 Å². The maximum atomic E-state index is 4.90. The molecule has 0 saturated heterocycles. The maximum absolute atomic E-state index is 4.90. The molecule has 20 heavy (non-hydrogen) atoms. The molecule has 0 spiro atoms. The van der Waals surface area contributed by atoms with Crippen LogP contribution < -0.4 is 5.32 Å². The first-order valence-corrected chi connectivity index (χ1v) is 8.99. The van der Waals surface area contributed by atoms with Crippen molar-refractivity contribution in [1.82, 2.24) is 9.97 Å². The fraction of sp³-hybridized carbons (Fsp3) is 0.750. The molecule has 1 fully saturated rings. The van der Waals surface area contributed by atoms with Gasteiger partial charge < -0.3 is 5.32 Å². The van der Waals surface area contributed by atoms with E-state index in [1.807, 2.05) is 0 Å². The van der Waals surface area contributed by atoms with Crippen LogP contribution in [0, 0.1) is 9.49 Å². The van der Waals surface area contributed by atoms with E-state index in [1.165, 1.54) is 34.9 Å². The molecule has 3 nitrogen and oxygen atoms in total. The topological polar surface area (TPSA) is 37.8 Å². The van der Waals surface area contributed by atoms with Gasteiger partial charge in [-0.05, 0) is 47.8 Å². The number of anilines is 1. The number of hydrogen-bond donors (Lipinski definition) is 1. The molecule has 0 aromatic carbocycles. The summed E-state index contributed by atoms with van der Waals surface area (Å²) in [5, 5.41) is 3.48. The number of halogens is 1. The molecule has 1 saturated carbocycles. The lowest BCUT2D eigenvalue weighted by Gasteiger charge is -2.17. The van der Waals surface area contributed by atoms with Gasteiger partial charge in [-0.1, -0.05) is 33.6 Å². The van der Waals surface area contributed by atoms with Crippen molar-refractivity contribution in [3.05, 3.63) is 15.1 Å². The van der Waals surface area contributed by atoms with Crippen molar-refractivity contribution in [2.75, 3.05) is 11.9 Å². The molecule has 1 aromatic rings. The second-order valence-corrected chi connectivity index (χ2v) is 7.27. The van der Waals surface area contributed by atoms with Gasteiger partial charge in [0.1, 0.15) is 11.6 Å². The van der Waals surface area contributed by atoms with Crippen LogP contribution >= 0.6 is 22.6 Å². The van der Waals surface area contributed by atoms with E-state index in [4.69, 9.17) is 9.97 Å². The fourth-order valence-corrected chi connectivity index (χ4v) is 3.67. The van der Waals surface area contributed by atoms with E-state index in [-0.39, 0.29) is 0 Å². The number of aromatic nitrogens is 2. The Balaban J connectivity index is 2.31. The molecule has 1 heterocycles. The SMILES string of the molecule is CCCNc1nc(CC(C)C)nc(C2CCCC2)c1I. The summed E-state index contributed by atoms with van der Waals surface area (Å²) in [5.74, 6) is 3.32. The number of hydrogen-bond acceptors (Lipinski definition) is 3. The summed E-state index contributed by atoms with van der Waals surface area (Å²) in [7, 11) is 0. The van der Waals surface area contributed by atoms with Crippen molar-refractivity contribution in [2.24, 2.45) is 5.92 Å². The summed E-state index contributed by atoms with van der Waals surface area (Å²) in [6.45, 7) is 7.64. The first-order valence-electron chi connectivity index (χ1n) is 7.92. The second-order valence-electron chi connectivity index (χ2n) is 6.19. The third kappa shape index (κ3) is 4.06. The van der Waals surface area contributed by atoms with E-state index in [9.17, 15) is 0 Å². The van der Waals surface area contributed by atoms with Gasteiger partial charge in [-0.3, -0.25) is 0 Å². The highest BCUT2D eigenvalue weighted by Crippen LogP contribution is 2.37. The van der Waals surface area contributed by atoms with E-state index in [0.29, 0.717) is 11.8 Å². The third-order valence-electron chi connectivity index (χ3n) is 3.80. The lowest BCUT2D eigenvalue weighted by atomic mass is 10.0. The number of rotatable bonds is 6. The van der Waals surface area contributed by atoms with Crippen LogP contribution in [-0.2, 0) is 6.42 Å². The van der Waals surface area contributed by atoms with Crippen LogP contribution in [0.3, 0.4) is 0 Å². The zero-order chi connectivity index (χ0) is 14.5. The van der Waals surface area contributed by atoms with Crippen LogP contribution in [0.25, 0.3) is 0 Å². The Bertz CT molecular complexity index is 440. The summed E-state index contributed by atoms with van der Waals surface area (Å²) in [5.41, 5.74) is 1.30. The Kier molecular flexibility index (Phi) is 6.05. The average Bonchev–Trinajstić information content (AvgIpc) is 2.92. The summed E-state index contributed by atoms with van der Waals surface area (Å²) in [6.07, 6.45) is 7.38. The first kappa shape index (κ1) is 16.0. The molecule has 0 bridgehead atoms. The summed E-state index contributed by atoms with van der Waals surface area (Å²) < 4.78 is 1.25. The maximum Gasteiger partial charge on any atom is 0.143 e. The summed E-state index contributed by atoms with van der Waals surface area (Å²) >= 11 is 2.43. The van der Waals surface area contributed by atoms with Crippen LogP contribution in [0.5, 0.6) is 0 Å². The smallest absolute Gasteiger partial charge is 0.143 e. The third-order valence-corrected chi connectivity index (χ3v) is 4.86. The molecule has 4 heteroatoms. The highest BCUT2D eigenvalue weighted by Gasteiger charge is 2.23. The van der Waals surface area contributed by atoms with E-state index >= 15 is 0 Å². The van der Waals surface area contributed by atoms with Gasteiger partial charge in [0, 0.05) is 18.9 Å². The molecular weight excluding hydrogens is 361 g/mol. The van der Waals surface area contributed by atoms with Gasteiger partial charge in [-0.2, -0.15) is 0 Å². The van der Waals surface area contributed by atoms with Crippen LogP contribution in [-0.4, -0.2) is 16.5 Å². The molecule has 0 radical (unpaired) electrons. The molecule has 1 N–H and O–H groups in total. The van der Waals surface area contributed by atoms with Crippen molar-refractivity contribution in [1.29, 1.82) is 0 Å². The van der Waals surface area contributed by atoms with E-state index in [0.717, 1.165) is 31.0 Å². The van der Waals surface area contributed by atoms with Gasteiger partial charge in [0.25, 0.3) is 0 Å². The minimum absolute atomic E-state index is 0.602. The molecule has 0 amide bonds.